The van der Waals surface area contributed by atoms with Crippen molar-refractivity contribution >= 4 is 16.9 Å². The van der Waals surface area contributed by atoms with E-state index < -0.39 is 11.9 Å². The first kappa shape index (κ1) is 15.5. The Morgan fingerprint density at radius 3 is 2.92 bits per heavy atom. The number of aromatic nitrogens is 3. The Kier molecular flexibility index (Phi) is 3.05. The van der Waals surface area contributed by atoms with Crippen LogP contribution < -0.4 is 10.1 Å². The van der Waals surface area contributed by atoms with Crippen LogP contribution in [0.5, 0.6) is 5.75 Å². The summed E-state index contributed by atoms with van der Waals surface area (Å²) in [5.74, 6) is 1.31. The molecule has 0 bridgehead atoms. The van der Waals surface area contributed by atoms with Crippen molar-refractivity contribution in [2.45, 2.75) is 30.5 Å². The van der Waals surface area contributed by atoms with E-state index >= 15 is 0 Å². The van der Waals surface area contributed by atoms with Gasteiger partial charge in [0.25, 0.3) is 0 Å². The molecule has 2 aromatic heterocycles. The van der Waals surface area contributed by atoms with Crippen molar-refractivity contribution in [3.8, 4) is 5.75 Å². The van der Waals surface area contributed by atoms with Gasteiger partial charge in [0, 0.05) is 17.0 Å². The molecule has 134 valence electrons. The molecule has 1 aliphatic heterocycles. The smallest absolute Gasteiger partial charge is 0.431 e. The number of halogens is 3. The molecule has 1 saturated carbocycles. The van der Waals surface area contributed by atoms with Gasteiger partial charge >= 0.3 is 6.18 Å². The predicted octanol–water partition coefficient (Wildman–Crippen LogP) is 3.88. The number of nitrogens with zero attached hydrogens (tertiary/aromatic N) is 2. The van der Waals surface area contributed by atoms with Crippen LogP contribution >= 0.6 is 0 Å². The van der Waals surface area contributed by atoms with E-state index in [1.807, 2.05) is 18.2 Å². The van der Waals surface area contributed by atoms with Gasteiger partial charge in [-0.25, -0.2) is 9.97 Å². The number of aromatic amines is 1. The molecule has 2 atom stereocenters. The maximum Gasteiger partial charge on any atom is 0.431 e. The van der Waals surface area contributed by atoms with Gasteiger partial charge < -0.3 is 15.0 Å². The van der Waals surface area contributed by atoms with Crippen LogP contribution in [0.4, 0.5) is 19.0 Å². The molecule has 3 heterocycles. The quantitative estimate of drug-likeness (QED) is 0.728. The Hall–Kier alpha value is -2.77. The highest BCUT2D eigenvalue weighted by Crippen LogP contribution is 2.57. The topological polar surface area (TPSA) is 62.8 Å². The Morgan fingerprint density at radius 2 is 2.08 bits per heavy atom. The van der Waals surface area contributed by atoms with Crippen LogP contribution in [0.2, 0.25) is 0 Å². The van der Waals surface area contributed by atoms with Crippen LogP contribution in [0.1, 0.15) is 24.1 Å². The molecule has 1 spiro atoms. The molecule has 26 heavy (non-hydrogen) atoms. The summed E-state index contributed by atoms with van der Waals surface area (Å²) in [6.45, 7) is 0.636. The summed E-state index contributed by atoms with van der Waals surface area (Å²) in [5.41, 5.74) is 0.462. The van der Waals surface area contributed by atoms with E-state index in [4.69, 9.17) is 4.74 Å². The number of benzene rings is 1. The standard InChI is InChI=1S/C18H15F3N4O/c19-18(20,21)13-7-10-15(24-13)22-9-23-16(10)25-14-8-17(14)5-6-26-12-4-2-1-3-11(12)17/h1-4,7,9,14H,5-6,8H2,(H2,22,23,24,25)/t14-,17?/m0/s1. The molecule has 0 radical (unpaired) electrons. The van der Waals surface area contributed by atoms with Gasteiger partial charge in [0.2, 0.25) is 0 Å². The predicted molar refractivity (Wildman–Crippen MR) is 89.2 cm³/mol. The van der Waals surface area contributed by atoms with E-state index in [9.17, 15) is 13.2 Å². The molecule has 2 N–H and O–H groups in total. The van der Waals surface area contributed by atoms with Crippen molar-refractivity contribution in [1.29, 1.82) is 0 Å². The van der Waals surface area contributed by atoms with Crippen molar-refractivity contribution in [1.82, 2.24) is 15.0 Å². The normalized spacial score (nSPS) is 24.3. The number of H-pyrrole nitrogens is 1. The maximum atomic E-state index is 13.0. The number of anilines is 1. The Morgan fingerprint density at radius 1 is 1.23 bits per heavy atom. The van der Waals surface area contributed by atoms with Gasteiger partial charge in [-0.1, -0.05) is 18.2 Å². The average Bonchev–Trinajstić information content (AvgIpc) is 3.08. The monoisotopic (exact) mass is 360 g/mol. The van der Waals surface area contributed by atoms with E-state index in [1.54, 1.807) is 0 Å². The van der Waals surface area contributed by atoms with Crippen molar-refractivity contribution in [3.05, 3.63) is 47.9 Å². The van der Waals surface area contributed by atoms with Crippen molar-refractivity contribution in [3.63, 3.8) is 0 Å². The van der Waals surface area contributed by atoms with Crippen LogP contribution in [0, 0.1) is 0 Å². The minimum absolute atomic E-state index is 0.0463. The highest BCUT2D eigenvalue weighted by Gasteiger charge is 2.58. The third-order valence-corrected chi connectivity index (χ3v) is 5.35. The third kappa shape index (κ3) is 2.24. The first-order chi connectivity index (χ1) is 12.5. The second-order valence-corrected chi connectivity index (χ2v) is 6.82. The van der Waals surface area contributed by atoms with Crippen LogP contribution in [0.25, 0.3) is 11.0 Å². The number of ether oxygens (including phenoxy) is 1. The maximum absolute atomic E-state index is 13.0. The molecule has 5 nitrogen and oxygen atoms in total. The summed E-state index contributed by atoms with van der Waals surface area (Å²) in [4.78, 5) is 10.4. The number of hydrogen-bond donors (Lipinski definition) is 2. The second-order valence-electron chi connectivity index (χ2n) is 6.82. The SMILES string of the molecule is FC(F)(F)c1cc2c(N[C@H]3CC34CCOc3ccccc34)ncnc2[nH]1. The van der Waals surface area contributed by atoms with Gasteiger partial charge in [0.1, 0.15) is 29.2 Å². The summed E-state index contributed by atoms with van der Waals surface area (Å²) < 4.78 is 44.6. The molecule has 2 aliphatic rings. The number of alkyl halides is 3. The van der Waals surface area contributed by atoms with Crippen molar-refractivity contribution in [2.24, 2.45) is 0 Å². The molecule has 1 aliphatic carbocycles. The van der Waals surface area contributed by atoms with E-state index in [0.29, 0.717) is 17.8 Å². The lowest BCUT2D eigenvalue weighted by atomic mass is 9.89. The first-order valence-electron chi connectivity index (χ1n) is 8.37. The Bertz CT molecular complexity index is 1000. The molecule has 5 rings (SSSR count). The first-order valence-corrected chi connectivity index (χ1v) is 8.37. The molecular formula is C18H15F3N4O. The highest BCUT2D eigenvalue weighted by molar-refractivity contribution is 5.88. The fraction of sp³-hybridized carbons (Fsp3) is 0.333. The van der Waals surface area contributed by atoms with E-state index in [0.717, 1.165) is 30.2 Å². The molecule has 0 amide bonds. The van der Waals surface area contributed by atoms with Gasteiger partial charge in [0.05, 0.1) is 12.0 Å². The fourth-order valence-electron chi connectivity index (χ4n) is 3.92. The van der Waals surface area contributed by atoms with Crippen LogP contribution in [-0.4, -0.2) is 27.6 Å². The minimum atomic E-state index is -4.45. The van der Waals surface area contributed by atoms with Crippen molar-refractivity contribution in [2.75, 3.05) is 11.9 Å². The molecule has 1 aromatic carbocycles. The van der Waals surface area contributed by atoms with E-state index in [-0.39, 0.29) is 17.1 Å². The largest absolute Gasteiger partial charge is 0.493 e. The molecule has 1 fully saturated rings. The summed E-state index contributed by atoms with van der Waals surface area (Å²) in [6, 6.07) is 9.10. The number of para-hydroxylation sites is 1. The van der Waals surface area contributed by atoms with Crippen LogP contribution in [0.15, 0.2) is 36.7 Å². The molecule has 1 unspecified atom stereocenters. The summed E-state index contributed by atoms with van der Waals surface area (Å²) in [6.07, 6.45) is -1.40. The van der Waals surface area contributed by atoms with Gasteiger partial charge in [-0.05, 0) is 25.0 Å². The molecule has 3 aromatic rings. The molecule has 0 saturated heterocycles. The lowest BCUT2D eigenvalue weighted by Crippen LogP contribution is -2.26. The van der Waals surface area contributed by atoms with E-state index in [2.05, 4.69) is 26.3 Å². The Labute approximate surface area is 146 Å². The number of hydrogen-bond acceptors (Lipinski definition) is 4. The summed E-state index contributed by atoms with van der Waals surface area (Å²) in [5, 5.41) is 3.68. The Balaban J connectivity index is 1.48. The van der Waals surface area contributed by atoms with Crippen LogP contribution in [0.3, 0.4) is 0 Å². The zero-order chi connectivity index (χ0) is 17.9. The summed E-state index contributed by atoms with van der Waals surface area (Å²) in [7, 11) is 0. The molecular weight excluding hydrogens is 345 g/mol. The van der Waals surface area contributed by atoms with Gasteiger partial charge in [0.15, 0.2) is 0 Å². The zero-order valence-electron chi connectivity index (χ0n) is 13.6. The molecule has 8 heteroatoms. The van der Waals surface area contributed by atoms with E-state index in [1.165, 1.54) is 6.33 Å². The minimum Gasteiger partial charge on any atom is -0.493 e. The van der Waals surface area contributed by atoms with Crippen molar-refractivity contribution < 1.29 is 17.9 Å². The van der Waals surface area contributed by atoms with Gasteiger partial charge in [-0.15, -0.1) is 0 Å². The van der Waals surface area contributed by atoms with Gasteiger partial charge in [-0.3, -0.25) is 0 Å². The summed E-state index contributed by atoms with van der Waals surface area (Å²) >= 11 is 0. The lowest BCUT2D eigenvalue weighted by Gasteiger charge is -2.27. The highest BCUT2D eigenvalue weighted by atomic mass is 19.4. The van der Waals surface area contributed by atoms with Gasteiger partial charge in [-0.2, -0.15) is 13.2 Å². The number of fused-ring (bicyclic) bond motifs is 3. The fourth-order valence-corrected chi connectivity index (χ4v) is 3.92. The number of nitrogens with one attached hydrogen (secondary N) is 2. The van der Waals surface area contributed by atoms with Crippen LogP contribution in [-0.2, 0) is 11.6 Å². The lowest BCUT2D eigenvalue weighted by molar-refractivity contribution is -0.140. The third-order valence-electron chi connectivity index (χ3n) is 5.35. The average molecular weight is 360 g/mol. The number of rotatable bonds is 2. The second kappa shape index (κ2) is 5.12. The zero-order valence-corrected chi connectivity index (χ0v) is 13.6.